The molecule has 122 valence electrons. The van der Waals surface area contributed by atoms with E-state index in [9.17, 15) is 4.79 Å². The van der Waals surface area contributed by atoms with Gasteiger partial charge in [0.15, 0.2) is 5.76 Å². The maximum atomic E-state index is 12.6. The van der Waals surface area contributed by atoms with Gasteiger partial charge in [-0.05, 0) is 30.9 Å². The fraction of sp³-hybridized carbons (Fsp3) is 0.529. The molecule has 0 N–H and O–H groups in total. The lowest BCUT2D eigenvalue weighted by atomic mass is 9.95. The molecule has 1 saturated carbocycles. The van der Waals surface area contributed by atoms with Gasteiger partial charge in [0.25, 0.3) is 5.91 Å². The first-order chi connectivity index (χ1) is 11.2. The van der Waals surface area contributed by atoms with E-state index in [4.69, 9.17) is 9.15 Å². The van der Waals surface area contributed by atoms with Crippen molar-refractivity contribution >= 4 is 5.91 Å². The van der Waals surface area contributed by atoms with Crippen LogP contribution in [0, 0.1) is 5.92 Å². The van der Waals surface area contributed by atoms with Crippen molar-refractivity contribution in [1.29, 1.82) is 0 Å². The molecule has 0 bridgehead atoms. The summed E-state index contributed by atoms with van der Waals surface area (Å²) in [6.07, 6.45) is 6.01. The highest BCUT2D eigenvalue weighted by Gasteiger charge is 2.32. The van der Waals surface area contributed by atoms with Crippen molar-refractivity contribution in [3.63, 3.8) is 0 Å². The molecule has 0 aromatic carbocycles. The quantitative estimate of drug-likeness (QED) is 0.848. The van der Waals surface area contributed by atoms with Crippen LogP contribution >= 0.6 is 0 Å². The number of hydrogen-bond donors (Lipinski definition) is 0. The number of hydrogen-bond acceptors (Lipinski definition) is 4. The van der Waals surface area contributed by atoms with Gasteiger partial charge < -0.3 is 14.1 Å². The predicted octanol–water partition coefficient (Wildman–Crippen LogP) is 2.18. The monoisotopic (exact) mass is 315 g/mol. The van der Waals surface area contributed by atoms with Crippen LogP contribution in [-0.2, 0) is 18.3 Å². The second kappa shape index (κ2) is 5.85. The Hall–Kier alpha value is -2.08. The molecule has 1 amide bonds. The Morgan fingerprint density at radius 3 is 3.04 bits per heavy atom. The summed E-state index contributed by atoms with van der Waals surface area (Å²) in [5.41, 5.74) is 2.28. The second-order valence-corrected chi connectivity index (χ2v) is 6.51. The number of amides is 1. The first-order valence-corrected chi connectivity index (χ1v) is 8.13. The molecule has 0 saturated heterocycles. The smallest absolute Gasteiger partial charge is 0.289 e. The highest BCUT2D eigenvalue weighted by molar-refractivity contribution is 5.91. The molecule has 0 radical (unpaired) electrons. The molecule has 6 heteroatoms. The zero-order chi connectivity index (χ0) is 15.8. The van der Waals surface area contributed by atoms with Crippen molar-refractivity contribution in [1.82, 2.24) is 14.7 Å². The summed E-state index contributed by atoms with van der Waals surface area (Å²) >= 11 is 0. The molecule has 6 nitrogen and oxygen atoms in total. The molecule has 1 aliphatic heterocycles. The summed E-state index contributed by atoms with van der Waals surface area (Å²) in [6, 6.07) is 3.45. The van der Waals surface area contributed by atoms with Crippen LogP contribution in [0.4, 0.5) is 0 Å². The molecule has 2 aromatic rings. The first kappa shape index (κ1) is 14.5. The van der Waals surface area contributed by atoms with Gasteiger partial charge in [-0.3, -0.25) is 9.48 Å². The van der Waals surface area contributed by atoms with E-state index in [2.05, 4.69) is 5.10 Å². The van der Waals surface area contributed by atoms with Crippen LogP contribution in [-0.4, -0.2) is 40.3 Å². The van der Waals surface area contributed by atoms with Gasteiger partial charge >= 0.3 is 0 Å². The Morgan fingerprint density at radius 1 is 1.43 bits per heavy atom. The standard InChI is InChI=1S/C17H21N3O3/c1-19-15-9-20(17(21)16-3-2-6-23-16)8-13(14(15)7-18-19)11-22-10-12-4-5-12/h2-3,6-7,12-13H,4-5,8-11H2,1H3/t13-/m0/s1. The summed E-state index contributed by atoms with van der Waals surface area (Å²) < 4.78 is 13.0. The van der Waals surface area contributed by atoms with Crippen LogP contribution in [0.5, 0.6) is 0 Å². The second-order valence-electron chi connectivity index (χ2n) is 6.51. The van der Waals surface area contributed by atoms with Crippen LogP contribution in [0.3, 0.4) is 0 Å². The molecule has 0 spiro atoms. The fourth-order valence-electron chi connectivity index (χ4n) is 3.14. The minimum atomic E-state index is -0.0750. The van der Waals surface area contributed by atoms with Gasteiger partial charge in [-0.25, -0.2) is 0 Å². The van der Waals surface area contributed by atoms with Crippen molar-refractivity contribution in [2.24, 2.45) is 13.0 Å². The van der Waals surface area contributed by atoms with Gasteiger partial charge in [-0.1, -0.05) is 0 Å². The summed E-state index contributed by atoms with van der Waals surface area (Å²) in [7, 11) is 1.92. The number of ether oxygens (including phenoxy) is 1. The van der Waals surface area contributed by atoms with E-state index in [0.29, 0.717) is 25.5 Å². The molecule has 2 aromatic heterocycles. The van der Waals surface area contributed by atoms with Gasteiger partial charge in [-0.15, -0.1) is 0 Å². The van der Waals surface area contributed by atoms with Crippen LogP contribution in [0.25, 0.3) is 0 Å². The van der Waals surface area contributed by atoms with E-state index in [0.717, 1.165) is 18.2 Å². The Morgan fingerprint density at radius 2 is 2.30 bits per heavy atom. The van der Waals surface area contributed by atoms with Gasteiger partial charge in [0, 0.05) is 31.7 Å². The van der Waals surface area contributed by atoms with E-state index in [1.807, 2.05) is 22.8 Å². The molecule has 4 rings (SSSR count). The largest absolute Gasteiger partial charge is 0.459 e. The van der Waals surface area contributed by atoms with Crippen molar-refractivity contribution in [3.8, 4) is 0 Å². The molecule has 23 heavy (non-hydrogen) atoms. The van der Waals surface area contributed by atoms with E-state index >= 15 is 0 Å². The highest BCUT2D eigenvalue weighted by Crippen LogP contribution is 2.32. The number of fused-ring (bicyclic) bond motifs is 1. The van der Waals surface area contributed by atoms with Gasteiger partial charge in [-0.2, -0.15) is 5.10 Å². The van der Waals surface area contributed by atoms with Crippen LogP contribution in [0.1, 0.15) is 40.6 Å². The third kappa shape index (κ3) is 2.91. The number of aryl methyl sites for hydroxylation is 1. The Labute approximate surface area is 135 Å². The average Bonchev–Trinajstić information content (AvgIpc) is 3.07. The molecule has 2 aliphatic rings. The molecule has 3 heterocycles. The minimum Gasteiger partial charge on any atom is -0.459 e. The topological polar surface area (TPSA) is 60.5 Å². The number of nitrogens with zero attached hydrogens (tertiary/aromatic N) is 3. The van der Waals surface area contributed by atoms with Crippen LogP contribution in [0.15, 0.2) is 29.0 Å². The zero-order valence-electron chi connectivity index (χ0n) is 13.3. The Balaban J connectivity index is 1.51. The van der Waals surface area contributed by atoms with Crippen molar-refractivity contribution in [2.75, 3.05) is 19.8 Å². The number of furan rings is 1. The molecular formula is C17H21N3O3. The minimum absolute atomic E-state index is 0.0750. The predicted molar refractivity (Wildman–Crippen MR) is 82.9 cm³/mol. The van der Waals surface area contributed by atoms with Crippen molar-refractivity contribution in [2.45, 2.75) is 25.3 Å². The van der Waals surface area contributed by atoms with Gasteiger partial charge in [0.05, 0.1) is 31.3 Å². The lowest BCUT2D eigenvalue weighted by Crippen LogP contribution is -2.40. The number of aromatic nitrogens is 2. The lowest BCUT2D eigenvalue weighted by Gasteiger charge is -2.32. The SMILES string of the molecule is Cn1ncc2c1CN(C(=O)c1ccco1)C[C@H]2COCC1CC1. The molecule has 0 unspecified atom stereocenters. The number of carbonyl (C=O) groups is 1. The fourth-order valence-corrected chi connectivity index (χ4v) is 3.14. The maximum Gasteiger partial charge on any atom is 0.289 e. The van der Waals surface area contributed by atoms with E-state index < -0.39 is 0 Å². The molecule has 1 aliphatic carbocycles. The van der Waals surface area contributed by atoms with Crippen molar-refractivity contribution in [3.05, 3.63) is 41.6 Å². The zero-order valence-corrected chi connectivity index (χ0v) is 13.3. The summed E-state index contributed by atoms with van der Waals surface area (Å²) in [6.45, 7) is 2.67. The van der Waals surface area contributed by atoms with E-state index in [1.54, 1.807) is 12.1 Å². The third-order valence-corrected chi connectivity index (χ3v) is 4.70. The summed E-state index contributed by atoms with van der Waals surface area (Å²) in [4.78, 5) is 14.4. The Bertz CT molecular complexity index is 688. The maximum absolute atomic E-state index is 12.6. The van der Waals surface area contributed by atoms with Crippen LogP contribution < -0.4 is 0 Å². The van der Waals surface area contributed by atoms with Crippen LogP contribution in [0.2, 0.25) is 0 Å². The molecule has 1 atom stereocenters. The number of rotatable bonds is 5. The normalized spacial score (nSPS) is 20.6. The molecular weight excluding hydrogens is 294 g/mol. The first-order valence-electron chi connectivity index (χ1n) is 8.13. The Kier molecular flexibility index (Phi) is 3.69. The van der Waals surface area contributed by atoms with Gasteiger partial charge in [0.1, 0.15) is 0 Å². The number of carbonyl (C=O) groups excluding carboxylic acids is 1. The lowest BCUT2D eigenvalue weighted by molar-refractivity contribution is 0.0596. The molecule has 1 fully saturated rings. The van der Waals surface area contributed by atoms with E-state index in [-0.39, 0.29) is 11.8 Å². The van der Waals surface area contributed by atoms with E-state index in [1.165, 1.54) is 24.7 Å². The summed E-state index contributed by atoms with van der Waals surface area (Å²) in [5.74, 6) is 1.22. The van der Waals surface area contributed by atoms with Crippen molar-refractivity contribution < 1.29 is 13.9 Å². The van der Waals surface area contributed by atoms with Gasteiger partial charge in [0.2, 0.25) is 0 Å². The highest BCUT2D eigenvalue weighted by atomic mass is 16.5. The average molecular weight is 315 g/mol. The third-order valence-electron chi connectivity index (χ3n) is 4.70. The summed E-state index contributed by atoms with van der Waals surface area (Å²) in [5, 5.41) is 4.36.